The molecular weight excluding hydrogens is 428 g/mol. The summed E-state index contributed by atoms with van der Waals surface area (Å²) in [6, 6.07) is 14.6. The van der Waals surface area contributed by atoms with Gasteiger partial charge >= 0.3 is 5.97 Å². The number of carbonyl (C=O) groups excluding carboxylic acids is 1. The molecule has 32 heavy (non-hydrogen) atoms. The van der Waals surface area contributed by atoms with E-state index >= 15 is 0 Å². The number of ether oxygens (including phenoxy) is 2. The number of thiazole rings is 1. The molecule has 162 valence electrons. The summed E-state index contributed by atoms with van der Waals surface area (Å²) in [4.78, 5) is 41.5. The summed E-state index contributed by atoms with van der Waals surface area (Å²) < 4.78 is 12.3. The molecule has 0 spiro atoms. The lowest BCUT2D eigenvalue weighted by atomic mass is 10.1. The molecule has 4 rings (SSSR count). The van der Waals surface area contributed by atoms with Crippen LogP contribution in [0.3, 0.4) is 0 Å². The highest BCUT2D eigenvalue weighted by atomic mass is 32.1. The molecule has 0 radical (unpaired) electrons. The Kier molecular flexibility index (Phi) is 5.87. The fourth-order valence-electron chi connectivity index (χ4n) is 3.46. The number of benzene rings is 2. The predicted octanol–water partition coefficient (Wildman–Crippen LogP) is 2.50. The Morgan fingerprint density at radius 3 is 2.56 bits per heavy atom. The second-order valence-electron chi connectivity index (χ2n) is 7.18. The molecule has 2 heterocycles. The SMILES string of the molecule is COc1cc(/C=c2\sc3nc(=O)c(Cc4ccccc4)c(C)n3c2=O)ccc1OC(C)=O. The van der Waals surface area contributed by atoms with Gasteiger partial charge in [0.25, 0.3) is 11.1 Å². The highest BCUT2D eigenvalue weighted by Gasteiger charge is 2.15. The van der Waals surface area contributed by atoms with Crippen LogP contribution in [0, 0.1) is 6.92 Å². The van der Waals surface area contributed by atoms with Crippen molar-refractivity contribution in [2.75, 3.05) is 7.11 Å². The van der Waals surface area contributed by atoms with Crippen LogP contribution in [-0.2, 0) is 11.2 Å². The topological polar surface area (TPSA) is 87.0 Å². The zero-order chi connectivity index (χ0) is 22.8. The minimum Gasteiger partial charge on any atom is -0.493 e. The molecule has 0 N–H and O–H groups in total. The molecule has 2 aromatic carbocycles. The summed E-state index contributed by atoms with van der Waals surface area (Å²) in [5.74, 6) is 0.213. The summed E-state index contributed by atoms with van der Waals surface area (Å²) in [6.45, 7) is 3.08. The lowest BCUT2D eigenvalue weighted by Crippen LogP contribution is -2.27. The molecule has 0 unspecified atom stereocenters. The Bertz CT molecular complexity index is 1490. The first kappa shape index (κ1) is 21.5. The zero-order valence-corrected chi connectivity index (χ0v) is 18.6. The maximum absolute atomic E-state index is 13.1. The normalized spacial score (nSPS) is 11.7. The van der Waals surface area contributed by atoms with E-state index in [0.29, 0.717) is 44.2 Å². The second kappa shape index (κ2) is 8.76. The molecule has 4 aromatic rings. The van der Waals surface area contributed by atoms with Crippen molar-refractivity contribution >= 4 is 28.3 Å². The van der Waals surface area contributed by atoms with E-state index in [2.05, 4.69) is 4.98 Å². The van der Waals surface area contributed by atoms with Gasteiger partial charge in [-0.3, -0.25) is 18.8 Å². The molecule has 0 aliphatic carbocycles. The van der Waals surface area contributed by atoms with Crippen LogP contribution < -0.4 is 25.1 Å². The van der Waals surface area contributed by atoms with Gasteiger partial charge in [-0.05, 0) is 36.3 Å². The van der Waals surface area contributed by atoms with E-state index in [4.69, 9.17) is 9.47 Å². The van der Waals surface area contributed by atoms with Gasteiger partial charge in [0.15, 0.2) is 11.5 Å². The number of nitrogens with zero attached hydrogens (tertiary/aromatic N) is 2. The van der Waals surface area contributed by atoms with Crippen LogP contribution in [0.25, 0.3) is 11.0 Å². The third kappa shape index (κ3) is 4.17. The van der Waals surface area contributed by atoms with Crippen molar-refractivity contribution in [3.8, 4) is 11.5 Å². The van der Waals surface area contributed by atoms with E-state index in [1.54, 1.807) is 31.2 Å². The van der Waals surface area contributed by atoms with Gasteiger partial charge in [-0.25, -0.2) is 0 Å². The number of esters is 1. The van der Waals surface area contributed by atoms with E-state index in [1.807, 2.05) is 30.3 Å². The molecule has 0 amide bonds. The van der Waals surface area contributed by atoms with E-state index < -0.39 is 5.97 Å². The standard InChI is InChI=1S/C24H20N2O5S/c1-14-18(11-16-7-5-4-6-8-16)22(28)25-24-26(14)23(29)21(32-24)13-17-9-10-19(31-15(2)27)20(12-17)30-3/h4-10,12-13H,11H2,1-3H3/b21-13-. The Balaban J connectivity index is 1.81. The molecule has 0 atom stereocenters. The van der Waals surface area contributed by atoms with Gasteiger partial charge in [0.2, 0.25) is 4.96 Å². The van der Waals surface area contributed by atoms with Gasteiger partial charge in [-0.2, -0.15) is 4.98 Å². The third-order valence-electron chi connectivity index (χ3n) is 5.00. The number of hydrogen-bond donors (Lipinski definition) is 0. The molecule has 0 aliphatic heterocycles. The Morgan fingerprint density at radius 2 is 1.88 bits per heavy atom. The van der Waals surface area contributed by atoms with Crippen LogP contribution in [0.1, 0.15) is 29.3 Å². The second-order valence-corrected chi connectivity index (χ2v) is 8.19. The Morgan fingerprint density at radius 1 is 1.12 bits per heavy atom. The van der Waals surface area contributed by atoms with Crippen molar-refractivity contribution in [3.63, 3.8) is 0 Å². The lowest BCUT2D eigenvalue weighted by Gasteiger charge is -2.08. The highest BCUT2D eigenvalue weighted by molar-refractivity contribution is 7.15. The largest absolute Gasteiger partial charge is 0.493 e. The van der Waals surface area contributed by atoms with Crippen LogP contribution in [0.5, 0.6) is 11.5 Å². The molecule has 0 bridgehead atoms. The average Bonchev–Trinajstić information content (AvgIpc) is 3.07. The first-order valence-corrected chi connectivity index (χ1v) is 10.7. The van der Waals surface area contributed by atoms with Crippen LogP contribution in [-0.4, -0.2) is 22.5 Å². The van der Waals surface area contributed by atoms with Crippen molar-refractivity contribution in [2.24, 2.45) is 0 Å². The van der Waals surface area contributed by atoms with Gasteiger partial charge in [0.05, 0.1) is 11.6 Å². The molecule has 0 aliphatic rings. The number of hydrogen-bond acceptors (Lipinski definition) is 7. The van der Waals surface area contributed by atoms with Crippen molar-refractivity contribution in [1.82, 2.24) is 9.38 Å². The van der Waals surface area contributed by atoms with Crippen LogP contribution in [0.15, 0.2) is 58.1 Å². The Hall–Kier alpha value is -3.78. The minimum absolute atomic E-state index is 0.243. The monoisotopic (exact) mass is 448 g/mol. The van der Waals surface area contributed by atoms with E-state index in [0.717, 1.165) is 16.9 Å². The summed E-state index contributed by atoms with van der Waals surface area (Å²) >= 11 is 1.15. The first-order chi connectivity index (χ1) is 15.4. The number of aromatic nitrogens is 2. The number of fused-ring (bicyclic) bond motifs is 1. The summed E-state index contributed by atoms with van der Waals surface area (Å²) in [5.41, 5.74) is 2.18. The summed E-state index contributed by atoms with van der Waals surface area (Å²) in [6.07, 6.45) is 2.10. The Labute approximate surface area is 187 Å². The first-order valence-electron chi connectivity index (χ1n) is 9.84. The fraction of sp³-hybridized carbons (Fsp3) is 0.167. The molecule has 0 saturated heterocycles. The molecule has 0 fully saturated rings. The van der Waals surface area contributed by atoms with Gasteiger partial charge in [0.1, 0.15) is 0 Å². The minimum atomic E-state index is -0.455. The van der Waals surface area contributed by atoms with Gasteiger partial charge in [-0.1, -0.05) is 47.7 Å². The smallest absolute Gasteiger partial charge is 0.308 e. The molecular formula is C24H20N2O5S. The molecule has 0 saturated carbocycles. The van der Waals surface area contributed by atoms with Crippen molar-refractivity contribution in [3.05, 3.63) is 96.2 Å². The summed E-state index contributed by atoms with van der Waals surface area (Å²) in [7, 11) is 1.47. The predicted molar refractivity (Wildman–Crippen MR) is 123 cm³/mol. The number of methoxy groups -OCH3 is 1. The average molecular weight is 449 g/mol. The van der Waals surface area contributed by atoms with Crippen molar-refractivity contribution < 1.29 is 14.3 Å². The fourth-order valence-corrected chi connectivity index (χ4v) is 4.47. The van der Waals surface area contributed by atoms with Crippen LogP contribution in [0.4, 0.5) is 0 Å². The van der Waals surface area contributed by atoms with Crippen LogP contribution in [0.2, 0.25) is 0 Å². The quantitative estimate of drug-likeness (QED) is 0.344. The third-order valence-corrected chi connectivity index (χ3v) is 5.97. The summed E-state index contributed by atoms with van der Waals surface area (Å²) in [5, 5.41) is 0. The lowest BCUT2D eigenvalue weighted by molar-refractivity contribution is -0.132. The van der Waals surface area contributed by atoms with E-state index in [-0.39, 0.29) is 11.1 Å². The highest BCUT2D eigenvalue weighted by Crippen LogP contribution is 2.28. The maximum Gasteiger partial charge on any atom is 0.308 e. The van der Waals surface area contributed by atoms with E-state index in [1.165, 1.54) is 18.4 Å². The molecule has 8 heteroatoms. The number of rotatable bonds is 5. The van der Waals surface area contributed by atoms with Crippen molar-refractivity contribution in [1.29, 1.82) is 0 Å². The van der Waals surface area contributed by atoms with Crippen molar-refractivity contribution in [2.45, 2.75) is 20.3 Å². The van der Waals surface area contributed by atoms with Gasteiger partial charge < -0.3 is 9.47 Å². The van der Waals surface area contributed by atoms with E-state index in [9.17, 15) is 14.4 Å². The molecule has 7 nitrogen and oxygen atoms in total. The molecule has 2 aromatic heterocycles. The van der Waals surface area contributed by atoms with Crippen LogP contribution >= 0.6 is 11.3 Å². The van der Waals surface area contributed by atoms with Gasteiger partial charge in [-0.15, -0.1) is 0 Å². The number of aryl methyl sites for hydroxylation is 1. The maximum atomic E-state index is 13.1. The number of carbonyl (C=O) groups is 1. The van der Waals surface area contributed by atoms with Gasteiger partial charge in [0, 0.05) is 24.6 Å². The zero-order valence-electron chi connectivity index (χ0n) is 17.7.